The van der Waals surface area contributed by atoms with Crippen molar-refractivity contribution in [1.82, 2.24) is 5.32 Å². The number of thioether (sulfide) groups is 1. The summed E-state index contributed by atoms with van der Waals surface area (Å²) in [6.45, 7) is 6.02. The van der Waals surface area contributed by atoms with Crippen molar-refractivity contribution in [2.24, 2.45) is 0 Å². The van der Waals surface area contributed by atoms with E-state index in [2.05, 4.69) is 5.32 Å². The van der Waals surface area contributed by atoms with Crippen molar-refractivity contribution in [3.05, 3.63) is 35.9 Å². The van der Waals surface area contributed by atoms with Gasteiger partial charge in [0.2, 0.25) is 0 Å². The molecule has 0 fully saturated rings. The smallest absolute Gasteiger partial charge is 0.331 e. The molecule has 1 rings (SSSR count). The average molecular weight is 311 g/mol. The molecule has 1 aromatic carbocycles. The van der Waals surface area contributed by atoms with E-state index in [0.717, 1.165) is 5.56 Å². The van der Waals surface area contributed by atoms with Gasteiger partial charge in [-0.05, 0) is 19.4 Å². The van der Waals surface area contributed by atoms with Gasteiger partial charge in [-0.25, -0.2) is 4.79 Å². The van der Waals surface area contributed by atoms with Crippen LogP contribution in [0.4, 0.5) is 0 Å². The van der Waals surface area contributed by atoms with E-state index in [1.807, 2.05) is 51.1 Å². The van der Waals surface area contributed by atoms with Gasteiger partial charge in [-0.2, -0.15) is 11.8 Å². The van der Waals surface area contributed by atoms with E-state index >= 15 is 0 Å². The van der Waals surface area contributed by atoms with E-state index in [4.69, 9.17) is 4.74 Å². The molecule has 118 valence electrons. The molecule has 5 heteroatoms. The van der Waals surface area contributed by atoms with Gasteiger partial charge in [0.15, 0.2) is 5.54 Å². The van der Waals surface area contributed by atoms with Gasteiger partial charge >= 0.3 is 5.97 Å². The summed E-state index contributed by atoms with van der Waals surface area (Å²) >= 11 is 1.55. The Balaban J connectivity index is 3.18. The van der Waals surface area contributed by atoms with Crippen LogP contribution in [0, 0.1) is 0 Å². The van der Waals surface area contributed by atoms with Gasteiger partial charge in [-0.3, -0.25) is 5.32 Å². The molecule has 0 heterocycles. The Bertz CT molecular complexity index is 438. The first-order chi connectivity index (χ1) is 9.96. The van der Waals surface area contributed by atoms with Crippen LogP contribution in [-0.4, -0.2) is 41.8 Å². The lowest BCUT2D eigenvalue weighted by atomic mass is 9.91. The summed E-state index contributed by atoms with van der Waals surface area (Å²) in [7, 11) is 1.40. The van der Waals surface area contributed by atoms with E-state index in [1.165, 1.54) is 7.11 Å². The number of rotatable bonds is 8. The second-order valence-electron chi connectivity index (χ2n) is 5.37. The molecule has 0 aliphatic carbocycles. The summed E-state index contributed by atoms with van der Waals surface area (Å²) in [6, 6.07) is 9.72. The zero-order valence-electron chi connectivity index (χ0n) is 13.1. The normalized spacial score (nSPS) is 15.5. The van der Waals surface area contributed by atoms with Crippen molar-refractivity contribution in [2.45, 2.75) is 37.6 Å². The highest BCUT2D eigenvalue weighted by molar-refractivity contribution is 8.00. The number of aliphatic hydroxyl groups excluding tert-OH is 1. The summed E-state index contributed by atoms with van der Waals surface area (Å²) < 4.78 is 5.06. The fourth-order valence-electron chi connectivity index (χ4n) is 2.15. The summed E-state index contributed by atoms with van der Waals surface area (Å²) in [4.78, 5) is 12.5. The number of esters is 1. The largest absolute Gasteiger partial charge is 0.467 e. The SMILES string of the molecule is COC(=O)C(CSC(C)CO)(NC(C)C)c1ccccc1. The van der Waals surface area contributed by atoms with Crippen LogP contribution in [0.15, 0.2) is 30.3 Å². The third kappa shape index (κ3) is 4.73. The third-order valence-corrected chi connectivity index (χ3v) is 4.49. The molecular weight excluding hydrogens is 286 g/mol. The lowest BCUT2D eigenvalue weighted by Gasteiger charge is -2.35. The lowest BCUT2D eigenvalue weighted by Crippen LogP contribution is -2.54. The Labute approximate surface area is 131 Å². The monoisotopic (exact) mass is 311 g/mol. The molecule has 0 aliphatic heterocycles. The van der Waals surface area contributed by atoms with Crippen LogP contribution in [0.5, 0.6) is 0 Å². The fourth-order valence-corrected chi connectivity index (χ4v) is 3.16. The van der Waals surface area contributed by atoms with E-state index in [9.17, 15) is 9.90 Å². The van der Waals surface area contributed by atoms with Crippen molar-refractivity contribution < 1.29 is 14.6 Å². The van der Waals surface area contributed by atoms with Crippen molar-refractivity contribution in [1.29, 1.82) is 0 Å². The molecule has 0 spiro atoms. The third-order valence-electron chi connectivity index (χ3n) is 3.18. The number of hydrogen-bond acceptors (Lipinski definition) is 5. The van der Waals surface area contributed by atoms with Crippen LogP contribution >= 0.6 is 11.8 Å². The van der Waals surface area contributed by atoms with Crippen molar-refractivity contribution >= 4 is 17.7 Å². The highest BCUT2D eigenvalue weighted by atomic mass is 32.2. The molecule has 2 unspecified atom stereocenters. The van der Waals surface area contributed by atoms with Crippen LogP contribution < -0.4 is 5.32 Å². The topological polar surface area (TPSA) is 58.6 Å². The molecule has 0 amide bonds. The average Bonchev–Trinajstić information content (AvgIpc) is 2.50. The summed E-state index contributed by atoms with van der Waals surface area (Å²) in [5.41, 5.74) is -0.0265. The maximum Gasteiger partial charge on any atom is 0.331 e. The van der Waals surface area contributed by atoms with Gasteiger partial charge < -0.3 is 9.84 Å². The van der Waals surface area contributed by atoms with Crippen LogP contribution in [0.2, 0.25) is 0 Å². The molecule has 4 nitrogen and oxygen atoms in total. The number of methoxy groups -OCH3 is 1. The molecule has 0 saturated carbocycles. The molecule has 0 aromatic heterocycles. The first kappa shape index (κ1) is 18.0. The van der Waals surface area contributed by atoms with Gasteiger partial charge in [0, 0.05) is 17.0 Å². The second-order valence-corrected chi connectivity index (χ2v) is 6.79. The van der Waals surface area contributed by atoms with E-state index in [-0.39, 0.29) is 23.9 Å². The van der Waals surface area contributed by atoms with Gasteiger partial charge in [0.25, 0.3) is 0 Å². The Morgan fingerprint density at radius 2 is 1.95 bits per heavy atom. The number of carbonyl (C=O) groups excluding carboxylic acids is 1. The van der Waals surface area contributed by atoms with E-state index in [0.29, 0.717) is 5.75 Å². The number of nitrogens with one attached hydrogen (secondary N) is 1. The zero-order chi connectivity index (χ0) is 15.9. The molecule has 21 heavy (non-hydrogen) atoms. The van der Waals surface area contributed by atoms with Gasteiger partial charge in [-0.15, -0.1) is 0 Å². The van der Waals surface area contributed by atoms with Crippen LogP contribution in [0.3, 0.4) is 0 Å². The zero-order valence-corrected chi connectivity index (χ0v) is 13.9. The molecule has 0 aliphatic rings. The van der Waals surface area contributed by atoms with Gasteiger partial charge in [-0.1, -0.05) is 37.3 Å². The number of hydrogen-bond donors (Lipinski definition) is 2. The quantitative estimate of drug-likeness (QED) is 0.721. The molecule has 0 radical (unpaired) electrons. The number of carbonyl (C=O) groups is 1. The minimum Gasteiger partial charge on any atom is -0.467 e. The Kier molecular flexibility index (Phi) is 7.22. The summed E-state index contributed by atoms with van der Waals surface area (Å²) in [6.07, 6.45) is 0. The van der Waals surface area contributed by atoms with Crippen LogP contribution in [0.1, 0.15) is 26.3 Å². The van der Waals surface area contributed by atoms with Crippen LogP contribution in [-0.2, 0) is 15.1 Å². The Morgan fingerprint density at radius 1 is 1.33 bits per heavy atom. The predicted octanol–water partition coefficient (Wildman–Crippen LogP) is 2.17. The second kappa shape index (κ2) is 8.41. The van der Waals surface area contributed by atoms with Gasteiger partial charge in [0.1, 0.15) is 0 Å². The molecule has 2 atom stereocenters. The van der Waals surface area contributed by atoms with Crippen molar-refractivity contribution in [2.75, 3.05) is 19.5 Å². The molecule has 2 N–H and O–H groups in total. The van der Waals surface area contributed by atoms with Crippen molar-refractivity contribution in [3.8, 4) is 0 Å². The minimum atomic E-state index is -0.904. The predicted molar refractivity (Wildman–Crippen MR) is 87.4 cm³/mol. The van der Waals surface area contributed by atoms with Crippen molar-refractivity contribution in [3.63, 3.8) is 0 Å². The first-order valence-corrected chi connectivity index (χ1v) is 8.15. The number of benzene rings is 1. The maximum absolute atomic E-state index is 12.5. The fraction of sp³-hybridized carbons (Fsp3) is 0.562. The first-order valence-electron chi connectivity index (χ1n) is 7.10. The summed E-state index contributed by atoms with van der Waals surface area (Å²) in [5, 5.41) is 12.6. The Morgan fingerprint density at radius 3 is 2.43 bits per heavy atom. The van der Waals surface area contributed by atoms with Crippen LogP contribution in [0.25, 0.3) is 0 Å². The minimum absolute atomic E-state index is 0.0618. The Hall–Kier alpha value is -1.04. The van der Waals surface area contributed by atoms with Gasteiger partial charge in [0.05, 0.1) is 13.7 Å². The lowest BCUT2D eigenvalue weighted by molar-refractivity contribution is -0.148. The molecular formula is C16H25NO3S. The number of aliphatic hydroxyl groups is 1. The van der Waals surface area contributed by atoms with E-state index in [1.54, 1.807) is 11.8 Å². The molecule has 1 aromatic rings. The summed E-state index contributed by atoms with van der Waals surface area (Å²) in [5.74, 6) is 0.198. The standard InChI is InChI=1S/C16H25NO3S/c1-12(2)17-16(15(19)20-4,11-21-13(3)10-18)14-8-6-5-7-9-14/h5-9,12-13,17-18H,10-11H2,1-4H3. The maximum atomic E-state index is 12.5. The van der Waals surface area contributed by atoms with E-state index < -0.39 is 5.54 Å². The molecule has 0 bridgehead atoms. The highest BCUT2D eigenvalue weighted by Crippen LogP contribution is 2.30. The molecule has 0 saturated heterocycles. The highest BCUT2D eigenvalue weighted by Gasteiger charge is 2.42. The number of ether oxygens (including phenoxy) is 1.